The molecule has 2 aromatic carbocycles. The van der Waals surface area contributed by atoms with Crippen molar-refractivity contribution in [3.63, 3.8) is 0 Å². The lowest BCUT2D eigenvalue weighted by Crippen LogP contribution is -2.34. The number of fused-ring (bicyclic) bond motifs is 1. The number of hydrogen-bond donors (Lipinski definition) is 3. The molecule has 0 saturated carbocycles. The predicted molar refractivity (Wildman–Crippen MR) is 102 cm³/mol. The molecule has 1 aromatic heterocycles. The van der Waals surface area contributed by atoms with Crippen LogP contribution in [0, 0.1) is 0 Å². The standard InChI is InChI=1S/C19H15ClN4O3/c20-13-6-5-11(21-16-10-17(26)24(7-8-25)19(16)27)9-12(13)18-22-14-3-1-2-4-15(14)23-18/h1-6,9-10,21,25H,7-8H2,(H,22,23). The zero-order valence-electron chi connectivity index (χ0n) is 14.1. The molecule has 2 heterocycles. The number of β-amino-alcohol motifs (C(OH)–C–C–N with tert-alkyl or cyclic N) is 1. The monoisotopic (exact) mass is 382 g/mol. The Bertz CT molecular complexity index is 1060. The highest BCUT2D eigenvalue weighted by Crippen LogP contribution is 2.31. The van der Waals surface area contributed by atoms with E-state index in [0.717, 1.165) is 15.9 Å². The maximum atomic E-state index is 12.3. The molecule has 4 rings (SSSR count). The number of imidazole rings is 1. The summed E-state index contributed by atoms with van der Waals surface area (Å²) in [6, 6.07) is 12.8. The number of nitrogens with one attached hydrogen (secondary N) is 2. The number of nitrogens with zero attached hydrogens (tertiary/aromatic N) is 2. The minimum absolute atomic E-state index is 0.0375. The number of aliphatic hydroxyl groups excluding tert-OH is 1. The van der Waals surface area contributed by atoms with Crippen LogP contribution in [0.15, 0.2) is 54.2 Å². The van der Waals surface area contributed by atoms with Gasteiger partial charge in [-0.1, -0.05) is 23.7 Å². The highest BCUT2D eigenvalue weighted by atomic mass is 35.5. The summed E-state index contributed by atoms with van der Waals surface area (Å²) in [5.41, 5.74) is 3.11. The largest absolute Gasteiger partial charge is 0.395 e. The molecule has 136 valence electrons. The van der Waals surface area contributed by atoms with Gasteiger partial charge >= 0.3 is 0 Å². The van der Waals surface area contributed by atoms with Crippen molar-refractivity contribution in [1.82, 2.24) is 14.9 Å². The number of H-pyrrole nitrogens is 1. The molecule has 3 aromatic rings. The first-order chi connectivity index (χ1) is 13.1. The molecule has 3 N–H and O–H groups in total. The molecular formula is C19H15ClN4O3. The number of para-hydroxylation sites is 2. The van der Waals surface area contributed by atoms with Crippen molar-refractivity contribution in [2.75, 3.05) is 18.5 Å². The van der Waals surface area contributed by atoms with Crippen molar-refractivity contribution >= 4 is 40.1 Å². The van der Waals surface area contributed by atoms with E-state index in [-0.39, 0.29) is 18.8 Å². The van der Waals surface area contributed by atoms with E-state index in [0.29, 0.717) is 22.1 Å². The Kier molecular flexibility index (Phi) is 4.39. The van der Waals surface area contributed by atoms with E-state index < -0.39 is 11.8 Å². The van der Waals surface area contributed by atoms with Crippen molar-refractivity contribution < 1.29 is 14.7 Å². The molecule has 27 heavy (non-hydrogen) atoms. The van der Waals surface area contributed by atoms with E-state index in [9.17, 15) is 9.59 Å². The van der Waals surface area contributed by atoms with E-state index in [2.05, 4.69) is 15.3 Å². The van der Waals surface area contributed by atoms with Crippen LogP contribution in [0.1, 0.15) is 0 Å². The summed E-state index contributed by atoms with van der Waals surface area (Å²) in [7, 11) is 0. The van der Waals surface area contributed by atoms with Crippen LogP contribution in [0.2, 0.25) is 5.02 Å². The first-order valence-corrected chi connectivity index (χ1v) is 8.64. The van der Waals surface area contributed by atoms with Gasteiger partial charge in [0.15, 0.2) is 0 Å². The number of rotatable bonds is 5. The fourth-order valence-corrected chi connectivity index (χ4v) is 3.14. The van der Waals surface area contributed by atoms with Gasteiger partial charge in [0.1, 0.15) is 11.5 Å². The van der Waals surface area contributed by atoms with E-state index in [1.165, 1.54) is 6.08 Å². The molecule has 0 unspecified atom stereocenters. The number of amides is 2. The third-order valence-electron chi connectivity index (χ3n) is 4.22. The number of aromatic amines is 1. The van der Waals surface area contributed by atoms with Crippen molar-refractivity contribution in [2.24, 2.45) is 0 Å². The molecule has 0 atom stereocenters. The fraction of sp³-hybridized carbons (Fsp3) is 0.105. The molecular weight excluding hydrogens is 368 g/mol. The summed E-state index contributed by atoms with van der Waals surface area (Å²) in [6.07, 6.45) is 1.22. The number of carbonyl (C=O) groups excluding carboxylic acids is 2. The lowest BCUT2D eigenvalue weighted by molar-refractivity contribution is -0.137. The highest BCUT2D eigenvalue weighted by Gasteiger charge is 2.30. The van der Waals surface area contributed by atoms with E-state index in [1.54, 1.807) is 18.2 Å². The number of halogens is 1. The number of hydrogen-bond acceptors (Lipinski definition) is 5. The number of imide groups is 1. The van der Waals surface area contributed by atoms with Gasteiger partial charge in [-0.15, -0.1) is 0 Å². The predicted octanol–water partition coefficient (Wildman–Crippen LogP) is 2.54. The topological polar surface area (TPSA) is 98.3 Å². The van der Waals surface area contributed by atoms with Gasteiger partial charge in [-0.05, 0) is 30.3 Å². The Balaban J connectivity index is 1.64. The van der Waals surface area contributed by atoms with Crippen LogP contribution < -0.4 is 5.32 Å². The van der Waals surface area contributed by atoms with Gasteiger partial charge in [-0.3, -0.25) is 14.5 Å². The Labute approximate surface area is 159 Å². The van der Waals surface area contributed by atoms with Crippen LogP contribution >= 0.6 is 11.6 Å². The summed E-state index contributed by atoms with van der Waals surface area (Å²) in [4.78, 5) is 32.9. The molecule has 0 radical (unpaired) electrons. The summed E-state index contributed by atoms with van der Waals surface area (Å²) in [5, 5.41) is 12.4. The van der Waals surface area contributed by atoms with Crippen molar-refractivity contribution in [1.29, 1.82) is 0 Å². The minimum atomic E-state index is -0.478. The van der Waals surface area contributed by atoms with Crippen LogP contribution in [0.3, 0.4) is 0 Å². The third-order valence-corrected chi connectivity index (χ3v) is 4.55. The van der Waals surface area contributed by atoms with Crippen LogP contribution in [0.4, 0.5) is 5.69 Å². The van der Waals surface area contributed by atoms with Gasteiger partial charge in [0.05, 0.1) is 29.2 Å². The van der Waals surface area contributed by atoms with Crippen molar-refractivity contribution in [3.05, 3.63) is 59.3 Å². The van der Waals surface area contributed by atoms with Gasteiger partial charge in [-0.2, -0.15) is 0 Å². The van der Waals surface area contributed by atoms with Crippen LogP contribution in [-0.2, 0) is 9.59 Å². The molecule has 2 amide bonds. The number of aromatic nitrogens is 2. The molecule has 0 spiro atoms. The van der Waals surface area contributed by atoms with Gasteiger partial charge in [-0.25, -0.2) is 4.98 Å². The average molecular weight is 383 g/mol. The maximum Gasteiger partial charge on any atom is 0.277 e. The second-order valence-electron chi connectivity index (χ2n) is 6.00. The minimum Gasteiger partial charge on any atom is -0.395 e. The molecule has 0 bridgehead atoms. The molecule has 7 nitrogen and oxygen atoms in total. The fourth-order valence-electron chi connectivity index (χ4n) is 2.93. The Morgan fingerprint density at radius 1 is 1.19 bits per heavy atom. The molecule has 0 aliphatic carbocycles. The van der Waals surface area contributed by atoms with Crippen molar-refractivity contribution in [2.45, 2.75) is 0 Å². The zero-order chi connectivity index (χ0) is 19.0. The van der Waals surface area contributed by atoms with Crippen LogP contribution in [0.25, 0.3) is 22.4 Å². The lowest BCUT2D eigenvalue weighted by atomic mass is 10.2. The van der Waals surface area contributed by atoms with Crippen LogP contribution in [-0.4, -0.2) is 44.9 Å². The second kappa shape index (κ2) is 6.86. The Hall–Kier alpha value is -3.16. The third kappa shape index (κ3) is 3.18. The van der Waals surface area contributed by atoms with Crippen molar-refractivity contribution in [3.8, 4) is 11.4 Å². The quantitative estimate of drug-likeness (QED) is 0.589. The number of carbonyl (C=O) groups is 2. The Morgan fingerprint density at radius 3 is 2.78 bits per heavy atom. The summed E-state index contributed by atoms with van der Waals surface area (Å²) < 4.78 is 0. The summed E-state index contributed by atoms with van der Waals surface area (Å²) >= 11 is 6.33. The van der Waals surface area contributed by atoms with Gasteiger partial charge < -0.3 is 15.4 Å². The smallest absolute Gasteiger partial charge is 0.277 e. The van der Waals surface area contributed by atoms with E-state index >= 15 is 0 Å². The van der Waals surface area contributed by atoms with Crippen LogP contribution in [0.5, 0.6) is 0 Å². The molecule has 0 fully saturated rings. The Morgan fingerprint density at radius 2 is 2.00 bits per heavy atom. The second-order valence-corrected chi connectivity index (χ2v) is 6.41. The highest BCUT2D eigenvalue weighted by molar-refractivity contribution is 6.33. The number of benzene rings is 2. The van der Waals surface area contributed by atoms with Gasteiger partial charge in [0, 0.05) is 17.3 Å². The average Bonchev–Trinajstić information content (AvgIpc) is 3.20. The first kappa shape index (κ1) is 17.3. The normalized spacial score (nSPS) is 14.1. The summed E-state index contributed by atoms with van der Waals surface area (Å²) in [6.45, 7) is -0.319. The molecule has 8 heteroatoms. The van der Waals surface area contributed by atoms with Gasteiger partial charge in [0.25, 0.3) is 11.8 Å². The van der Waals surface area contributed by atoms with Gasteiger partial charge in [0.2, 0.25) is 0 Å². The van der Waals surface area contributed by atoms with E-state index in [4.69, 9.17) is 16.7 Å². The first-order valence-electron chi connectivity index (χ1n) is 8.27. The summed E-state index contributed by atoms with van der Waals surface area (Å²) in [5.74, 6) is -0.327. The number of aliphatic hydroxyl groups is 1. The lowest BCUT2D eigenvalue weighted by Gasteiger charge is -2.14. The maximum absolute atomic E-state index is 12.3. The SMILES string of the molecule is O=C1C=C(Nc2ccc(Cl)c(-c3nc4ccccc4[nH]3)c2)C(=O)N1CCO. The zero-order valence-corrected chi connectivity index (χ0v) is 14.8. The molecule has 1 aliphatic heterocycles. The molecule has 0 saturated heterocycles. The van der Waals surface area contributed by atoms with E-state index in [1.807, 2.05) is 24.3 Å². The number of anilines is 1. The molecule has 1 aliphatic rings.